The van der Waals surface area contributed by atoms with Gasteiger partial charge >= 0.3 is 0 Å². The Bertz CT molecular complexity index is 757. The highest BCUT2D eigenvalue weighted by molar-refractivity contribution is 7.89. The summed E-state index contributed by atoms with van der Waals surface area (Å²) in [5.74, 6) is 0.126. The SMILES string of the molecule is Cc1c(Cl)cccc1S(=O)(=O)NCC(=O)NCc1ccco1. The summed E-state index contributed by atoms with van der Waals surface area (Å²) in [4.78, 5) is 11.7. The molecule has 0 radical (unpaired) electrons. The minimum atomic E-state index is -3.80. The van der Waals surface area contributed by atoms with Crippen molar-refractivity contribution < 1.29 is 17.6 Å². The van der Waals surface area contributed by atoms with Crippen molar-refractivity contribution in [3.63, 3.8) is 0 Å². The molecule has 2 aromatic rings. The van der Waals surface area contributed by atoms with Crippen LogP contribution in [0, 0.1) is 6.92 Å². The molecule has 0 aliphatic heterocycles. The molecule has 1 heterocycles. The van der Waals surface area contributed by atoms with Crippen molar-refractivity contribution in [3.05, 3.63) is 52.9 Å². The van der Waals surface area contributed by atoms with E-state index in [1.165, 1.54) is 12.3 Å². The van der Waals surface area contributed by atoms with Crippen LogP contribution in [0.15, 0.2) is 45.9 Å². The number of sulfonamides is 1. The average molecular weight is 343 g/mol. The van der Waals surface area contributed by atoms with E-state index in [0.717, 1.165) is 0 Å². The zero-order valence-corrected chi connectivity index (χ0v) is 13.4. The normalized spacial score (nSPS) is 11.4. The van der Waals surface area contributed by atoms with Crippen molar-refractivity contribution in [2.75, 3.05) is 6.54 Å². The Balaban J connectivity index is 1.95. The Morgan fingerprint density at radius 3 is 2.73 bits per heavy atom. The largest absolute Gasteiger partial charge is 0.467 e. The maximum absolute atomic E-state index is 12.2. The maximum Gasteiger partial charge on any atom is 0.241 e. The number of carbonyl (C=O) groups is 1. The molecule has 0 unspecified atom stereocenters. The third-order valence-corrected chi connectivity index (χ3v) is 4.93. The van der Waals surface area contributed by atoms with Gasteiger partial charge < -0.3 is 9.73 Å². The predicted octanol–water partition coefficient (Wildman–Crippen LogP) is 1.84. The molecular weight excluding hydrogens is 328 g/mol. The fraction of sp³-hybridized carbons (Fsp3) is 0.214. The summed E-state index contributed by atoms with van der Waals surface area (Å²) in [6, 6.07) is 7.99. The summed E-state index contributed by atoms with van der Waals surface area (Å²) >= 11 is 5.91. The molecule has 0 spiro atoms. The van der Waals surface area contributed by atoms with E-state index in [1.54, 1.807) is 31.2 Å². The molecule has 0 atom stereocenters. The van der Waals surface area contributed by atoms with Gasteiger partial charge in [-0.1, -0.05) is 17.7 Å². The van der Waals surface area contributed by atoms with Gasteiger partial charge in [-0.05, 0) is 36.8 Å². The highest BCUT2D eigenvalue weighted by Gasteiger charge is 2.19. The summed E-state index contributed by atoms with van der Waals surface area (Å²) in [6.45, 7) is 1.44. The van der Waals surface area contributed by atoms with Crippen LogP contribution in [-0.4, -0.2) is 20.9 Å². The smallest absolute Gasteiger partial charge is 0.241 e. The lowest BCUT2D eigenvalue weighted by Gasteiger charge is -2.10. The molecule has 118 valence electrons. The van der Waals surface area contributed by atoms with E-state index >= 15 is 0 Å². The van der Waals surface area contributed by atoms with Crippen LogP contribution < -0.4 is 10.0 Å². The van der Waals surface area contributed by atoms with Gasteiger partial charge in [-0.2, -0.15) is 0 Å². The maximum atomic E-state index is 12.2. The molecule has 0 aliphatic carbocycles. The number of hydrogen-bond donors (Lipinski definition) is 2. The van der Waals surface area contributed by atoms with Crippen molar-refractivity contribution in [2.45, 2.75) is 18.4 Å². The number of nitrogens with one attached hydrogen (secondary N) is 2. The lowest BCUT2D eigenvalue weighted by molar-refractivity contribution is -0.120. The number of hydrogen-bond acceptors (Lipinski definition) is 4. The molecule has 2 N–H and O–H groups in total. The summed E-state index contributed by atoms with van der Waals surface area (Å²) < 4.78 is 31.7. The number of amides is 1. The molecule has 8 heteroatoms. The van der Waals surface area contributed by atoms with Crippen molar-refractivity contribution >= 4 is 27.5 Å². The van der Waals surface area contributed by atoms with Crippen LogP contribution >= 0.6 is 11.6 Å². The summed E-state index contributed by atoms with van der Waals surface area (Å²) in [6.07, 6.45) is 1.49. The standard InChI is InChI=1S/C14H15ClN2O4S/c1-10-12(15)5-2-6-13(10)22(19,20)17-9-14(18)16-8-11-4-3-7-21-11/h2-7,17H,8-9H2,1H3,(H,16,18). The first kappa shape index (κ1) is 16.5. The second-order valence-corrected chi connectivity index (χ2v) is 6.69. The van der Waals surface area contributed by atoms with Gasteiger partial charge in [-0.3, -0.25) is 4.79 Å². The van der Waals surface area contributed by atoms with Crippen molar-refractivity contribution in [1.82, 2.24) is 10.0 Å². The Hall–Kier alpha value is -1.83. The monoisotopic (exact) mass is 342 g/mol. The number of rotatable bonds is 6. The number of carbonyl (C=O) groups excluding carboxylic acids is 1. The Kier molecular flexibility index (Phi) is 5.23. The van der Waals surface area contributed by atoms with Crippen LogP contribution in [0.5, 0.6) is 0 Å². The van der Waals surface area contributed by atoms with Crippen molar-refractivity contribution in [1.29, 1.82) is 0 Å². The fourth-order valence-corrected chi connectivity index (χ4v) is 3.26. The minimum Gasteiger partial charge on any atom is -0.467 e. The van der Waals surface area contributed by atoms with E-state index in [9.17, 15) is 13.2 Å². The Morgan fingerprint density at radius 1 is 1.27 bits per heavy atom. The van der Waals surface area contributed by atoms with Gasteiger partial charge in [0.05, 0.1) is 24.2 Å². The Labute approximate surface area is 133 Å². The molecule has 2 rings (SSSR count). The topological polar surface area (TPSA) is 88.4 Å². The van der Waals surface area contributed by atoms with Crippen molar-refractivity contribution in [3.8, 4) is 0 Å². The molecule has 22 heavy (non-hydrogen) atoms. The van der Waals surface area contributed by atoms with Gasteiger partial charge in [-0.25, -0.2) is 13.1 Å². The lowest BCUT2D eigenvalue weighted by Crippen LogP contribution is -2.36. The molecule has 0 saturated heterocycles. The van der Waals surface area contributed by atoms with Gasteiger partial charge in [-0.15, -0.1) is 0 Å². The summed E-state index contributed by atoms with van der Waals surface area (Å²) in [7, 11) is -3.80. The zero-order valence-electron chi connectivity index (χ0n) is 11.8. The average Bonchev–Trinajstić information content (AvgIpc) is 2.99. The second-order valence-electron chi connectivity index (χ2n) is 4.54. The third kappa shape index (κ3) is 4.09. The van der Waals surface area contributed by atoms with Crippen molar-refractivity contribution in [2.24, 2.45) is 0 Å². The first-order chi connectivity index (χ1) is 10.4. The first-order valence-electron chi connectivity index (χ1n) is 6.44. The second kappa shape index (κ2) is 6.95. The van der Waals surface area contributed by atoms with Crippen LogP contribution in [-0.2, 0) is 21.4 Å². The quantitative estimate of drug-likeness (QED) is 0.838. The zero-order chi connectivity index (χ0) is 16.2. The molecule has 1 aromatic carbocycles. The van der Waals surface area contributed by atoms with Gasteiger partial charge in [0, 0.05) is 5.02 Å². The molecule has 1 amide bonds. The number of halogens is 1. The van der Waals surface area contributed by atoms with Crippen LogP contribution in [0.3, 0.4) is 0 Å². The van der Waals surface area contributed by atoms with E-state index in [4.69, 9.17) is 16.0 Å². The molecule has 1 aromatic heterocycles. The Morgan fingerprint density at radius 2 is 2.05 bits per heavy atom. The highest BCUT2D eigenvalue weighted by Crippen LogP contribution is 2.22. The number of furan rings is 1. The van der Waals surface area contributed by atoms with E-state index in [-0.39, 0.29) is 18.0 Å². The fourth-order valence-electron chi connectivity index (χ4n) is 1.78. The van der Waals surface area contributed by atoms with Crippen LogP contribution in [0.25, 0.3) is 0 Å². The molecular formula is C14H15ClN2O4S. The highest BCUT2D eigenvalue weighted by atomic mass is 35.5. The van der Waals surface area contributed by atoms with E-state index < -0.39 is 15.9 Å². The van der Waals surface area contributed by atoms with E-state index in [1.807, 2.05) is 0 Å². The molecule has 0 saturated carbocycles. The summed E-state index contributed by atoms with van der Waals surface area (Å²) in [5, 5.41) is 2.90. The molecule has 6 nitrogen and oxygen atoms in total. The van der Waals surface area contributed by atoms with Gasteiger partial charge in [0.15, 0.2) is 0 Å². The lowest BCUT2D eigenvalue weighted by atomic mass is 10.2. The number of benzene rings is 1. The van der Waals surface area contributed by atoms with Crippen LogP contribution in [0.4, 0.5) is 0 Å². The van der Waals surface area contributed by atoms with Crippen LogP contribution in [0.2, 0.25) is 5.02 Å². The third-order valence-electron chi connectivity index (χ3n) is 2.97. The predicted molar refractivity (Wildman–Crippen MR) is 81.9 cm³/mol. The molecule has 0 aliphatic rings. The van der Waals surface area contributed by atoms with Crippen LogP contribution in [0.1, 0.15) is 11.3 Å². The van der Waals surface area contributed by atoms with E-state index in [2.05, 4.69) is 10.0 Å². The van der Waals surface area contributed by atoms with Gasteiger partial charge in [0.2, 0.25) is 15.9 Å². The first-order valence-corrected chi connectivity index (χ1v) is 8.30. The van der Waals surface area contributed by atoms with Gasteiger partial charge in [0.1, 0.15) is 5.76 Å². The summed E-state index contributed by atoms with van der Waals surface area (Å²) in [5.41, 5.74) is 0.438. The molecule has 0 fully saturated rings. The minimum absolute atomic E-state index is 0.0545. The van der Waals surface area contributed by atoms with E-state index in [0.29, 0.717) is 16.3 Å². The van der Waals surface area contributed by atoms with Gasteiger partial charge in [0.25, 0.3) is 0 Å². The molecule has 0 bridgehead atoms.